The second kappa shape index (κ2) is 8.39. The van der Waals surface area contributed by atoms with E-state index in [1.165, 1.54) is 12.1 Å². The van der Waals surface area contributed by atoms with Gasteiger partial charge >= 0.3 is 11.5 Å². The number of rotatable bonds is 6. The Morgan fingerprint density at radius 3 is 1.81 bits per heavy atom. The highest BCUT2D eigenvalue weighted by atomic mass is 32.2. The molecule has 138 valence electrons. The van der Waals surface area contributed by atoms with Crippen molar-refractivity contribution < 1.29 is 23.1 Å². The molecule has 0 saturated heterocycles. The van der Waals surface area contributed by atoms with Crippen molar-refractivity contribution >= 4 is 29.5 Å². The van der Waals surface area contributed by atoms with Gasteiger partial charge in [-0.05, 0) is 47.2 Å². The molecule has 0 saturated carbocycles. The first kappa shape index (κ1) is 20.0. The van der Waals surface area contributed by atoms with Crippen molar-refractivity contribution in [2.45, 2.75) is 15.3 Å². The number of carboxylic acids is 1. The molecule has 0 spiro atoms. The number of nitrogens with one attached hydrogen (secondary N) is 1. The van der Waals surface area contributed by atoms with E-state index in [9.17, 15) is 18.0 Å². The molecule has 0 aliphatic heterocycles. The zero-order chi connectivity index (χ0) is 19.3. The maximum absolute atomic E-state index is 12.3. The van der Waals surface area contributed by atoms with Gasteiger partial charge in [0.1, 0.15) is 10.7 Å². The van der Waals surface area contributed by atoms with Gasteiger partial charge in [0, 0.05) is 9.79 Å². The van der Waals surface area contributed by atoms with Crippen LogP contribution in [0.4, 0.5) is 13.2 Å². The molecule has 6 N–H and O–H groups in total. The lowest BCUT2D eigenvalue weighted by Crippen LogP contribution is -2.26. The number of hydrogen-bond acceptors (Lipinski definition) is 6. The SMILES string of the molecule is NN/C(Sc1ccc(-c2ccc(SC(F)(F)F)cc2)cc1)=C(\N)C(=O)O. The van der Waals surface area contributed by atoms with Crippen molar-refractivity contribution in [3.63, 3.8) is 0 Å². The van der Waals surface area contributed by atoms with Crippen LogP contribution < -0.4 is 17.0 Å². The minimum absolute atomic E-state index is 0.0961. The lowest BCUT2D eigenvalue weighted by molar-refractivity contribution is -0.132. The predicted octanol–water partition coefficient (Wildman–Crippen LogP) is 3.73. The highest BCUT2D eigenvalue weighted by Crippen LogP contribution is 2.37. The number of hydrogen-bond donors (Lipinski definition) is 4. The average molecular weight is 401 g/mol. The van der Waals surface area contributed by atoms with Crippen molar-refractivity contribution in [3.8, 4) is 11.1 Å². The van der Waals surface area contributed by atoms with Crippen LogP contribution in [0.15, 0.2) is 69.0 Å². The molecule has 2 aromatic carbocycles. The number of aliphatic carboxylic acids is 1. The van der Waals surface area contributed by atoms with Gasteiger partial charge in [-0.2, -0.15) is 13.2 Å². The molecular formula is C16H14F3N3O2S2. The fourth-order valence-electron chi connectivity index (χ4n) is 1.94. The number of carboxylic acid groups (broad SMARTS) is 1. The van der Waals surface area contributed by atoms with Gasteiger partial charge in [0.25, 0.3) is 0 Å². The maximum Gasteiger partial charge on any atom is 0.446 e. The third-order valence-corrected chi connectivity index (χ3v) is 4.89. The van der Waals surface area contributed by atoms with E-state index in [0.717, 1.165) is 22.9 Å². The van der Waals surface area contributed by atoms with E-state index in [2.05, 4.69) is 5.43 Å². The van der Waals surface area contributed by atoms with Crippen molar-refractivity contribution in [3.05, 3.63) is 59.3 Å². The summed E-state index contributed by atoms with van der Waals surface area (Å²) in [6.07, 6.45) is 0. The molecule has 0 atom stereocenters. The summed E-state index contributed by atoms with van der Waals surface area (Å²) in [6, 6.07) is 13.0. The summed E-state index contributed by atoms with van der Waals surface area (Å²) in [5.74, 6) is 3.99. The number of thioether (sulfide) groups is 2. The van der Waals surface area contributed by atoms with Crippen LogP contribution in [0.1, 0.15) is 0 Å². The number of nitrogens with two attached hydrogens (primary N) is 2. The normalized spacial score (nSPS) is 12.5. The molecule has 0 aromatic heterocycles. The van der Waals surface area contributed by atoms with E-state index in [1.54, 1.807) is 36.4 Å². The predicted molar refractivity (Wildman–Crippen MR) is 95.8 cm³/mol. The maximum atomic E-state index is 12.3. The van der Waals surface area contributed by atoms with Gasteiger partial charge in [-0.1, -0.05) is 36.0 Å². The molecule has 2 rings (SSSR count). The molecule has 0 bridgehead atoms. The molecule has 0 fully saturated rings. The molecule has 0 amide bonds. The summed E-state index contributed by atoms with van der Waals surface area (Å²) >= 11 is 0.882. The molecule has 2 aromatic rings. The van der Waals surface area contributed by atoms with Crippen LogP contribution in [0.25, 0.3) is 11.1 Å². The molecule has 0 unspecified atom stereocenters. The second-order valence-corrected chi connectivity index (χ2v) is 7.11. The van der Waals surface area contributed by atoms with E-state index in [1.807, 2.05) is 0 Å². The lowest BCUT2D eigenvalue weighted by Gasteiger charge is -2.09. The number of hydrazine groups is 1. The minimum Gasteiger partial charge on any atom is -0.477 e. The first-order valence-electron chi connectivity index (χ1n) is 7.03. The Hall–Kier alpha value is -2.30. The Morgan fingerprint density at radius 2 is 1.42 bits per heavy atom. The molecular weight excluding hydrogens is 387 g/mol. The third kappa shape index (κ3) is 5.61. The molecule has 5 nitrogen and oxygen atoms in total. The van der Waals surface area contributed by atoms with Crippen molar-refractivity contribution in [2.75, 3.05) is 0 Å². The Kier molecular flexibility index (Phi) is 6.46. The van der Waals surface area contributed by atoms with Gasteiger partial charge in [-0.3, -0.25) is 0 Å². The zero-order valence-electron chi connectivity index (χ0n) is 13.1. The van der Waals surface area contributed by atoms with Gasteiger partial charge in [-0.15, -0.1) is 0 Å². The summed E-state index contributed by atoms with van der Waals surface area (Å²) in [5.41, 5.74) is 4.51. The smallest absolute Gasteiger partial charge is 0.446 e. The Morgan fingerprint density at radius 1 is 0.962 bits per heavy atom. The zero-order valence-corrected chi connectivity index (χ0v) is 14.7. The second-order valence-electron chi connectivity index (χ2n) is 4.89. The largest absolute Gasteiger partial charge is 0.477 e. The van der Waals surface area contributed by atoms with Crippen LogP contribution in [0.5, 0.6) is 0 Å². The minimum atomic E-state index is -4.32. The molecule has 26 heavy (non-hydrogen) atoms. The van der Waals surface area contributed by atoms with E-state index in [4.69, 9.17) is 16.7 Å². The number of benzene rings is 2. The Labute approximate surface area is 155 Å². The molecule has 0 aliphatic rings. The van der Waals surface area contributed by atoms with Gasteiger partial charge < -0.3 is 16.3 Å². The number of carbonyl (C=O) groups is 1. The van der Waals surface area contributed by atoms with Crippen LogP contribution in [0, 0.1) is 0 Å². The highest BCUT2D eigenvalue weighted by molar-refractivity contribution is 8.03. The van der Waals surface area contributed by atoms with Crippen molar-refractivity contribution in [2.24, 2.45) is 11.6 Å². The summed E-state index contributed by atoms with van der Waals surface area (Å²) in [4.78, 5) is 11.7. The Balaban J connectivity index is 2.14. The van der Waals surface area contributed by atoms with Gasteiger partial charge in [0.2, 0.25) is 0 Å². The van der Waals surface area contributed by atoms with Crippen LogP contribution >= 0.6 is 23.5 Å². The highest BCUT2D eigenvalue weighted by Gasteiger charge is 2.29. The fourth-order valence-corrected chi connectivity index (χ4v) is 3.25. The third-order valence-electron chi connectivity index (χ3n) is 3.10. The van der Waals surface area contributed by atoms with Gasteiger partial charge in [0.15, 0.2) is 0 Å². The molecule has 10 heteroatoms. The topological polar surface area (TPSA) is 101 Å². The fraction of sp³-hybridized carbons (Fsp3) is 0.0625. The van der Waals surface area contributed by atoms with E-state index < -0.39 is 17.2 Å². The van der Waals surface area contributed by atoms with Crippen LogP contribution in [0.2, 0.25) is 0 Å². The first-order chi connectivity index (χ1) is 12.2. The summed E-state index contributed by atoms with van der Waals surface area (Å²) in [5, 5.41) is 8.98. The number of alkyl halides is 3. The van der Waals surface area contributed by atoms with Gasteiger partial charge in [0.05, 0.1) is 0 Å². The summed E-state index contributed by atoms with van der Waals surface area (Å²) in [7, 11) is 0. The van der Waals surface area contributed by atoms with Crippen LogP contribution in [-0.2, 0) is 4.79 Å². The van der Waals surface area contributed by atoms with E-state index in [-0.39, 0.29) is 21.7 Å². The van der Waals surface area contributed by atoms with Crippen LogP contribution in [0.3, 0.4) is 0 Å². The first-order valence-corrected chi connectivity index (χ1v) is 8.66. The van der Waals surface area contributed by atoms with Crippen LogP contribution in [-0.4, -0.2) is 16.6 Å². The van der Waals surface area contributed by atoms with Gasteiger partial charge in [-0.25, -0.2) is 10.6 Å². The Bertz CT molecular complexity index is 807. The van der Waals surface area contributed by atoms with E-state index in [0.29, 0.717) is 4.90 Å². The van der Waals surface area contributed by atoms with Crippen molar-refractivity contribution in [1.82, 2.24) is 5.43 Å². The lowest BCUT2D eigenvalue weighted by atomic mass is 10.1. The van der Waals surface area contributed by atoms with Crippen molar-refractivity contribution in [1.29, 1.82) is 0 Å². The molecule has 0 heterocycles. The number of halogens is 3. The monoisotopic (exact) mass is 401 g/mol. The summed E-state index contributed by atoms with van der Waals surface area (Å²) < 4.78 is 37.0. The average Bonchev–Trinajstić information content (AvgIpc) is 2.59. The molecule has 0 radical (unpaired) electrons. The summed E-state index contributed by atoms with van der Waals surface area (Å²) in [6.45, 7) is 0. The standard InChI is InChI=1S/C16H14F3N3O2S2/c17-16(18,19)26-12-7-3-10(4-8-12)9-1-5-11(6-2-9)25-14(22-21)13(20)15(23)24/h1-8,22H,20-21H2,(H,23,24)/b14-13+. The van der Waals surface area contributed by atoms with E-state index >= 15 is 0 Å². The quantitative estimate of drug-likeness (QED) is 0.253. The molecule has 0 aliphatic carbocycles.